The smallest absolute Gasteiger partial charge is 0.264 e. The Kier molecular flexibility index (Phi) is 6.41. The lowest BCUT2D eigenvalue weighted by atomic mass is 10.2. The van der Waals surface area contributed by atoms with Crippen LogP contribution >= 0.6 is 43.2 Å². The van der Waals surface area contributed by atoms with Gasteiger partial charge in [-0.05, 0) is 56.5 Å². The number of rotatable bonds is 6. The van der Waals surface area contributed by atoms with Gasteiger partial charge >= 0.3 is 0 Å². The molecule has 1 heterocycles. The van der Waals surface area contributed by atoms with E-state index in [0.717, 1.165) is 25.1 Å². The number of benzene rings is 1. The van der Waals surface area contributed by atoms with E-state index in [1.807, 2.05) is 41.3 Å². The second kappa shape index (κ2) is 8.08. The number of carbonyl (C=O) groups excluding carboxylic acids is 1. The summed E-state index contributed by atoms with van der Waals surface area (Å²) in [5.41, 5.74) is 6.71. The predicted octanol–water partition coefficient (Wildman–Crippen LogP) is 4.26. The first-order valence-electron chi connectivity index (χ1n) is 6.60. The predicted molar refractivity (Wildman–Crippen MR) is 94.6 cm³/mol. The van der Waals surface area contributed by atoms with Crippen LogP contribution in [0.2, 0.25) is 0 Å². The monoisotopic (exact) mass is 430 g/mol. The van der Waals surface area contributed by atoms with Crippen molar-refractivity contribution in [1.29, 1.82) is 0 Å². The van der Waals surface area contributed by atoms with Crippen LogP contribution in [0.4, 0.5) is 0 Å². The Balaban J connectivity index is 2.16. The van der Waals surface area contributed by atoms with Crippen LogP contribution in [-0.2, 0) is 6.54 Å². The molecule has 0 aliphatic heterocycles. The van der Waals surface area contributed by atoms with Gasteiger partial charge in [-0.25, -0.2) is 0 Å². The highest BCUT2D eigenvalue weighted by molar-refractivity contribution is 9.13. The van der Waals surface area contributed by atoms with Crippen molar-refractivity contribution in [3.63, 3.8) is 0 Å². The molecule has 0 atom stereocenters. The van der Waals surface area contributed by atoms with Crippen LogP contribution in [0.3, 0.4) is 0 Å². The normalized spacial score (nSPS) is 10.6. The van der Waals surface area contributed by atoms with Gasteiger partial charge in [-0.3, -0.25) is 4.79 Å². The zero-order valence-corrected chi connectivity index (χ0v) is 15.4. The lowest BCUT2D eigenvalue weighted by molar-refractivity contribution is 0.0747. The second-order valence-electron chi connectivity index (χ2n) is 4.59. The number of hydrogen-bond donors (Lipinski definition) is 1. The Labute approximate surface area is 145 Å². The molecule has 0 saturated heterocycles. The van der Waals surface area contributed by atoms with E-state index < -0.39 is 0 Å². The molecule has 6 heteroatoms. The summed E-state index contributed by atoms with van der Waals surface area (Å²) in [5, 5.41) is 0. The second-order valence-corrected chi connectivity index (χ2v) is 7.81. The largest absolute Gasteiger partial charge is 0.334 e. The van der Waals surface area contributed by atoms with Gasteiger partial charge in [0.2, 0.25) is 0 Å². The van der Waals surface area contributed by atoms with Crippen molar-refractivity contribution in [2.24, 2.45) is 5.73 Å². The summed E-state index contributed by atoms with van der Waals surface area (Å²) in [5.74, 6) is 0.0451. The number of hydrogen-bond acceptors (Lipinski definition) is 3. The van der Waals surface area contributed by atoms with E-state index in [0.29, 0.717) is 19.6 Å². The first-order valence-corrected chi connectivity index (χ1v) is 9.00. The van der Waals surface area contributed by atoms with Crippen molar-refractivity contribution >= 4 is 49.1 Å². The Morgan fingerprint density at radius 1 is 1.24 bits per heavy atom. The van der Waals surface area contributed by atoms with Crippen LogP contribution in [0.1, 0.15) is 21.7 Å². The topological polar surface area (TPSA) is 46.3 Å². The maximum Gasteiger partial charge on any atom is 0.264 e. The third-order valence-electron chi connectivity index (χ3n) is 2.99. The fourth-order valence-electron chi connectivity index (χ4n) is 1.95. The van der Waals surface area contributed by atoms with Gasteiger partial charge < -0.3 is 10.6 Å². The van der Waals surface area contributed by atoms with E-state index in [9.17, 15) is 4.79 Å². The summed E-state index contributed by atoms with van der Waals surface area (Å²) in [7, 11) is 0. The molecule has 0 spiro atoms. The fourth-order valence-corrected chi connectivity index (χ4v) is 3.95. The van der Waals surface area contributed by atoms with Crippen molar-refractivity contribution in [3.8, 4) is 0 Å². The van der Waals surface area contributed by atoms with E-state index in [1.165, 1.54) is 11.3 Å². The number of amides is 1. The van der Waals surface area contributed by atoms with Crippen LogP contribution in [0, 0.1) is 0 Å². The molecule has 0 fully saturated rings. The lowest BCUT2D eigenvalue weighted by Gasteiger charge is -2.22. The molecule has 2 aromatic rings. The van der Waals surface area contributed by atoms with Gasteiger partial charge in [-0.15, -0.1) is 11.3 Å². The molecule has 0 aliphatic carbocycles. The quantitative estimate of drug-likeness (QED) is 0.742. The molecular weight excluding hydrogens is 416 g/mol. The van der Waals surface area contributed by atoms with E-state index >= 15 is 0 Å². The third kappa shape index (κ3) is 4.64. The van der Waals surface area contributed by atoms with Gasteiger partial charge in [0, 0.05) is 17.6 Å². The molecule has 2 N–H and O–H groups in total. The first-order chi connectivity index (χ1) is 10.1. The average Bonchev–Trinajstić information content (AvgIpc) is 2.83. The highest BCUT2D eigenvalue weighted by Gasteiger charge is 2.19. The molecular formula is C15H16Br2N2OS. The molecule has 0 radical (unpaired) electrons. The molecule has 112 valence electrons. The van der Waals surface area contributed by atoms with Crippen LogP contribution < -0.4 is 5.73 Å². The molecule has 3 nitrogen and oxygen atoms in total. The average molecular weight is 432 g/mol. The minimum atomic E-state index is 0.0451. The van der Waals surface area contributed by atoms with Gasteiger partial charge in [0.05, 0.1) is 8.66 Å². The number of nitrogens with two attached hydrogens (primary N) is 1. The van der Waals surface area contributed by atoms with Crippen molar-refractivity contribution in [2.45, 2.75) is 13.0 Å². The Morgan fingerprint density at radius 3 is 2.52 bits per heavy atom. The van der Waals surface area contributed by atoms with Gasteiger partial charge in [0.25, 0.3) is 5.91 Å². The summed E-state index contributed by atoms with van der Waals surface area (Å²) < 4.78 is 1.85. The molecule has 0 saturated carbocycles. The molecule has 1 amide bonds. The number of halogens is 2. The molecule has 0 aliphatic rings. The van der Waals surface area contributed by atoms with E-state index in [1.54, 1.807) is 0 Å². The summed E-state index contributed by atoms with van der Waals surface area (Å²) in [6.07, 6.45) is 0.798. The zero-order chi connectivity index (χ0) is 15.2. The van der Waals surface area contributed by atoms with Crippen molar-refractivity contribution < 1.29 is 4.79 Å². The van der Waals surface area contributed by atoms with Gasteiger partial charge in [0.15, 0.2) is 0 Å². The summed E-state index contributed by atoms with van der Waals surface area (Å²) in [6, 6.07) is 11.9. The standard InChI is InChI=1S/C15H16Br2N2OS/c16-12-9-13(21-14(12)17)15(20)19(8-4-7-18)10-11-5-2-1-3-6-11/h1-3,5-6,9H,4,7-8,10,18H2. The summed E-state index contributed by atoms with van der Waals surface area (Å²) in [4.78, 5) is 15.3. The molecule has 21 heavy (non-hydrogen) atoms. The Bertz CT molecular complexity index is 581. The Morgan fingerprint density at radius 2 is 1.95 bits per heavy atom. The van der Waals surface area contributed by atoms with Gasteiger partial charge in [0.1, 0.15) is 0 Å². The van der Waals surface area contributed by atoms with Crippen molar-refractivity contribution in [2.75, 3.05) is 13.1 Å². The van der Waals surface area contributed by atoms with Gasteiger partial charge in [-0.2, -0.15) is 0 Å². The minimum absolute atomic E-state index is 0.0451. The summed E-state index contributed by atoms with van der Waals surface area (Å²) >= 11 is 8.30. The van der Waals surface area contributed by atoms with E-state index in [4.69, 9.17) is 5.73 Å². The zero-order valence-electron chi connectivity index (χ0n) is 11.4. The maximum atomic E-state index is 12.7. The molecule has 0 bridgehead atoms. The number of carbonyl (C=O) groups is 1. The maximum absolute atomic E-state index is 12.7. The number of nitrogens with zero attached hydrogens (tertiary/aromatic N) is 1. The highest BCUT2D eigenvalue weighted by Crippen LogP contribution is 2.33. The first kappa shape index (κ1) is 16.7. The Hall–Kier alpha value is -0.690. The van der Waals surface area contributed by atoms with E-state index in [-0.39, 0.29) is 5.91 Å². The minimum Gasteiger partial charge on any atom is -0.334 e. The number of thiophene rings is 1. The van der Waals surface area contributed by atoms with Crippen LogP contribution in [0.25, 0.3) is 0 Å². The van der Waals surface area contributed by atoms with Crippen molar-refractivity contribution in [3.05, 3.63) is 55.1 Å². The van der Waals surface area contributed by atoms with E-state index in [2.05, 4.69) is 31.9 Å². The van der Waals surface area contributed by atoms with Crippen molar-refractivity contribution in [1.82, 2.24) is 4.90 Å². The SMILES string of the molecule is NCCCN(Cc1ccccc1)C(=O)c1cc(Br)c(Br)s1. The highest BCUT2D eigenvalue weighted by atomic mass is 79.9. The summed E-state index contributed by atoms with van der Waals surface area (Å²) in [6.45, 7) is 1.85. The van der Waals surface area contributed by atoms with Crippen LogP contribution in [0.5, 0.6) is 0 Å². The molecule has 1 aromatic carbocycles. The molecule has 0 unspecified atom stereocenters. The molecule has 1 aromatic heterocycles. The third-order valence-corrected chi connectivity index (χ3v) is 6.24. The molecule has 2 rings (SSSR count). The fraction of sp³-hybridized carbons (Fsp3) is 0.267. The lowest BCUT2D eigenvalue weighted by Crippen LogP contribution is -2.32. The van der Waals surface area contributed by atoms with Gasteiger partial charge in [-0.1, -0.05) is 30.3 Å². The van der Waals surface area contributed by atoms with Crippen LogP contribution in [0.15, 0.2) is 44.7 Å². The van der Waals surface area contributed by atoms with Crippen LogP contribution in [-0.4, -0.2) is 23.9 Å².